The molecule has 16 heavy (non-hydrogen) atoms. The number of hydrogen-bond acceptors (Lipinski definition) is 2. The Morgan fingerprint density at radius 1 is 1.31 bits per heavy atom. The van der Waals surface area contributed by atoms with Crippen LogP contribution in [0.2, 0.25) is 0 Å². The van der Waals surface area contributed by atoms with Crippen LogP contribution in [0.3, 0.4) is 0 Å². The molecule has 0 N–H and O–H groups in total. The standard InChI is InChI=1S/C12H12N2O.ClH/c1-10-2-4-11(5-3-10)12(15)8-14-7-6-13-9-14;/h2-7,9H,8H2,1H3;1H. The van der Waals surface area contributed by atoms with E-state index in [0.717, 1.165) is 11.1 Å². The molecule has 0 atom stereocenters. The fourth-order valence-corrected chi connectivity index (χ4v) is 1.38. The Kier molecular flexibility index (Phi) is 4.26. The summed E-state index contributed by atoms with van der Waals surface area (Å²) in [6.45, 7) is 2.35. The highest BCUT2D eigenvalue weighted by atomic mass is 35.5. The lowest BCUT2D eigenvalue weighted by Gasteiger charge is -2.02. The molecule has 1 aromatic heterocycles. The molecule has 1 aromatic carbocycles. The Bertz CT molecular complexity index is 448. The number of nitrogens with zero attached hydrogens (tertiary/aromatic N) is 2. The fourth-order valence-electron chi connectivity index (χ4n) is 1.38. The Morgan fingerprint density at radius 2 is 2.00 bits per heavy atom. The summed E-state index contributed by atoms with van der Waals surface area (Å²) >= 11 is 0. The van der Waals surface area contributed by atoms with Crippen molar-refractivity contribution in [1.82, 2.24) is 9.55 Å². The lowest BCUT2D eigenvalue weighted by atomic mass is 10.1. The zero-order valence-corrected chi connectivity index (χ0v) is 9.78. The van der Waals surface area contributed by atoms with Crippen LogP contribution in [0.25, 0.3) is 0 Å². The van der Waals surface area contributed by atoms with Gasteiger partial charge in [0.1, 0.15) is 0 Å². The molecule has 3 nitrogen and oxygen atoms in total. The molecule has 0 aliphatic carbocycles. The first-order valence-electron chi connectivity index (χ1n) is 4.81. The number of Topliss-reactive ketones (excluding diaryl/α,β-unsaturated/α-hetero) is 1. The molecule has 0 saturated heterocycles. The van der Waals surface area contributed by atoms with Crippen LogP contribution in [0.15, 0.2) is 43.0 Å². The van der Waals surface area contributed by atoms with Gasteiger partial charge in [-0.15, -0.1) is 12.4 Å². The summed E-state index contributed by atoms with van der Waals surface area (Å²) in [7, 11) is 0. The van der Waals surface area contributed by atoms with Gasteiger partial charge in [0.25, 0.3) is 0 Å². The third kappa shape index (κ3) is 2.94. The van der Waals surface area contributed by atoms with Crippen LogP contribution in [-0.4, -0.2) is 15.3 Å². The van der Waals surface area contributed by atoms with Crippen LogP contribution >= 0.6 is 12.4 Å². The second-order valence-electron chi connectivity index (χ2n) is 3.52. The number of aryl methyl sites for hydroxylation is 1. The highest BCUT2D eigenvalue weighted by Crippen LogP contribution is 2.05. The minimum Gasteiger partial charge on any atom is -0.330 e. The summed E-state index contributed by atoms with van der Waals surface area (Å²) in [4.78, 5) is 15.7. The maximum Gasteiger partial charge on any atom is 0.182 e. The first-order valence-corrected chi connectivity index (χ1v) is 4.81. The minimum absolute atomic E-state index is 0. The number of carbonyl (C=O) groups excluding carboxylic acids is 1. The molecule has 2 rings (SSSR count). The van der Waals surface area contributed by atoms with Gasteiger partial charge in [-0.1, -0.05) is 29.8 Å². The molecule has 0 bridgehead atoms. The number of benzene rings is 1. The van der Waals surface area contributed by atoms with Crippen molar-refractivity contribution in [2.75, 3.05) is 0 Å². The quantitative estimate of drug-likeness (QED) is 0.768. The Hall–Kier alpha value is -1.61. The summed E-state index contributed by atoms with van der Waals surface area (Å²) < 4.78 is 1.77. The summed E-state index contributed by atoms with van der Waals surface area (Å²) in [5, 5.41) is 0. The van der Waals surface area contributed by atoms with Crippen molar-refractivity contribution in [3.63, 3.8) is 0 Å². The van der Waals surface area contributed by atoms with Crippen LogP contribution < -0.4 is 0 Å². The van der Waals surface area contributed by atoms with Crippen LogP contribution in [0, 0.1) is 6.92 Å². The van der Waals surface area contributed by atoms with E-state index in [1.807, 2.05) is 31.2 Å². The third-order valence-electron chi connectivity index (χ3n) is 2.26. The number of carbonyl (C=O) groups is 1. The van der Waals surface area contributed by atoms with Crippen LogP contribution in [0.5, 0.6) is 0 Å². The smallest absolute Gasteiger partial charge is 0.182 e. The summed E-state index contributed by atoms with van der Waals surface area (Å²) in [6.07, 6.45) is 5.10. The largest absolute Gasteiger partial charge is 0.330 e. The second-order valence-corrected chi connectivity index (χ2v) is 3.52. The maximum absolute atomic E-state index is 11.8. The molecular weight excluding hydrogens is 224 g/mol. The number of aromatic nitrogens is 2. The molecule has 2 aromatic rings. The Morgan fingerprint density at radius 3 is 2.56 bits per heavy atom. The highest BCUT2D eigenvalue weighted by Gasteiger charge is 2.05. The molecule has 0 radical (unpaired) electrons. The molecule has 0 aliphatic heterocycles. The molecule has 84 valence electrons. The Labute approximate surface area is 101 Å². The lowest BCUT2D eigenvalue weighted by molar-refractivity contribution is 0.0972. The predicted molar refractivity (Wildman–Crippen MR) is 65.0 cm³/mol. The summed E-state index contributed by atoms with van der Waals surface area (Å²) in [5.74, 6) is 0.105. The zero-order valence-electron chi connectivity index (χ0n) is 8.96. The number of halogens is 1. The highest BCUT2D eigenvalue weighted by molar-refractivity contribution is 5.95. The van der Waals surface area contributed by atoms with Crippen molar-refractivity contribution in [1.29, 1.82) is 0 Å². The maximum atomic E-state index is 11.8. The molecule has 0 amide bonds. The van der Waals surface area contributed by atoms with E-state index < -0.39 is 0 Å². The number of imidazole rings is 1. The molecule has 1 heterocycles. The van der Waals surface area contributed by atoms with E-state index >= 15 is 0 Å². The first-order chi connectivity index (χ1) is 7.25. The van der Waals surface area contributed by atoms with Crippen LogP contribution in [-0.2, 0) is 6.54 Å². The van der Waals surface area contributed by atoms with E-state index in [0.29, 0.717) is 6.54 Å². The predicted octanol–water partition coefficient (Wildman–Crippen LogP) is 2.50. The van der Waals surface area contributed by atoms with Gasteiger partial charge in [0.05, 0.1) is 12.9 Å². The van der Waals surface area contributed by atoms with Crippen molar-refractivity contribution >= 4 is 18.2 Å². The SMILES string of the molecule is Cc1ccc(C(=O)Cn2ccnc2)cc1.Cl. The molecule has 0 unspecified atom stereocenters. The fraction of sp³-hybridized carbons (Fsp3) is 0.167. The number of hydrogen-bond donors (Lipinski definition) is 0. The molecule has 4 heteroatoms. The molecule has 0 saturated carbocycles. The van der Waals surface area contributed by atoms with E-state index in [2.05, 4.69) is 4.98 Å². The van der Waals surface area contributed by atoms with Crippen LogP contribution in [0.1, 0.15) is 15.9 Å². The lowest BCUT2D eigenvalue weighted by Crippen LogP contribution is -2.08. The average molecular weight is 237 g/mol. The van der Waals surface area contributed by atoms with Crippen LogP contribution in [0.4, 0.5) is 0 Å². The van der Waals surface area contributed by atoms with Crippen molar-refractivity contribution in [2.45, 2.75) is 13.5 Å². The van der Waals surface area contributed by atoms with E-state index in [1.165, 1.54) is 0 Å². The topological polar surface area (TPSA) is 34.9 Å². The first kappa shape index (κ1) is 12.5. The van der Waals surface area contributed by atoms with Gasteiger partial charge >= 0.3 is 0 Å². The van der Waals surface area contributed by atoms with Crippen molar-refractivity contribution in [3.05, 3.63) is 54.1 Å². The monoisotopic (exact) mass is 236 g/mol. The number of rotatable bonds is 3. The van der Waals surface area contributed by atoms with Gasteiger partial charge in [-0.25, -0.2) is 4.98 Å². The zero-order chi connectivity index (χ0) is 10.7. The van der Waals surface area contributed by atoms with Gasteiger partial charge in [0, 0.05) is 18.0 Å². The minimum atomic E-state index is 0. The van der Waals surface area contributed by atoms with Gasteiger partial charge in [0.2, 0.25) is 0 Å². The van der Waals surface area contributed by atoms with Crippen molar-refractivity contribution in [3.8, 4) is 0 Å². The second kappa shape index (κ2) is 5.47. The summed E-state index contributed by atoms with van der Waals surface area (Å²) in [5.41, 5.74) is 1.91. The van der Waals surface area contributed by atoms with E-state index in [9.17, 15) is 4.79 Å². The molecule has 0 fully saturated rings. The van der Waals surface area contributed by atoms with Gasteiger partial charge in [-0.3, -0.25) is 4.79 Å². The average Bonchev–Trinajstić information content (AvgIpc) is 2.71. The summed E-state index contributed by atoms with van der Waals surface area (Å²) in [6, 6.07) is 7.60. The van der Waals surface area contributed by atoms with Gasteiger partial charge < -0.3 is 4.57 Å². The van der Waals surface area contributed by atoms with E-state index in [4.69, 9.17) is 0 Å². The molecule has 0 aliphatic rings. The third-order valence-corrected chi connectivity index (χ3v) is 2.26. The van der Waals surface area contributed by atoms with E-state index in [-0.39, 0.29) is 18.2 Å². The van der Waals surface area contributed by atoms with E-state index in [1.54, 1.807) is 23.3 Å². The van der Waals surface area contributed by atoms with Gasteiger partial charge in [-0.05, 0) is 6.92 Å². The van der Waals surface area contributed by atoms with Crippen molar-refractivity contribution < 1.29 is 4.79 Å². The van der Waals surface area contributed by atoms with Gasteiger partial charge in [0.15, 0.2) is 5.78 Å². The van der Waals surface area contributed by atoms with Crippen molar-refractivity contribution in [2.24, 2.45) is 0 Å². The molecular formula is C12H13ClN2O. The molecule has 0 spiro atoms. The number of ketones is 1. The van der Waals surface area contributed by atoms with Gasteiger partial charge in [-0.2, -0.15) is 0 Å². The normalized spacial score (nSPS) is 9.56. The Balaban J connectivity index is 0.00000128.